The second kappa shape index (κ2) is 7.22. The minimum atomic E-state index is -3.23. The summed E-state index contributed by atoms with van der Waals surface area (Å²) in [5.41, 5.74) is 4.68. The zero-order valence-corrected chi connectivity index (χ0v) is 13.6. The van der Waals surface area contributed by atoms with Crippen molar-refractivity contribution in [3.8, 4) is 0 Å². The predicted octanol–water partition coefficient (Wildman–Crippen LogP) is 1.45. The van der Waals surface area contributed by atoms with E-state index in [-0.39, 0.29) is 16.9 Å². The van der Waals surface area contributed by atoms with Crippen LogP contribution in [0.25, 0.3) is 0 Å². The summed E-state index contributed by atoms with van der Waals surface area (Å²) in [6, 6.07) is 11.3. The Morgan fingerprint density at radius 3 is 2.33 bits per heavy atom. The standard InChI is InChI=1S/C16H15FN2O4S/c1-24(22,23)10-11-5-4-6-12(9-11)15(20)18-19-16(21)13-7-2-3-8-14(13)17/h2-9H,10H2,1H3,(H,18,20)(H,19,21). The molecule has 2 aromatic carbocycles. The molecular formula is C16H15FN2O4S. The number of halogens is 1. The van der Waals surface area contributed by atoms with E-state index in [1.54, 1.807) is 6.07 Å². The van der Waals surface area contributed by atoms with Gasteiger partial charge in [-0.1, -0.05) is 24.3 Å². The molecule has 126 valence electrons. The van der Waals surface area contributed by atoms with E-state index in [0.717, 1.165) is 12.3 Å². The van der Waals surface area contributed by atoms with Crippen LogP contribution in [-0.2, 0) is 15.6 Å². The van der Waals surface area contributed by atoms with E-state index >= 15 is 0 Å². The van der Waals surface area contributed by atoms with Gasteiger partial charge in [-0.2, -0.15) is 0 Å². The highest BCUT2D eigenvalue weighted by atomic mass is 32.2. The van der Waals surface area contributed by atoms with Crippen LogP contribution < -0.4 is 10.9 Å². The Labute approximate surface area is 138 Å². The third-order valence-electron chi connectivity index (χ3n) is 3.03. The number of carbonyl (C=O) groups excluding carboxylic acids is 2. The fraction of sp³-hybridized carbons (Fsp3) is 0.125. The quantitative estimate of drug-likeness (QED) is 0.816. The molecule has 0 fully saturated rings. The summed E-state index contributed by atoms with van der Waals surface area (Å²) < 4.78 is 36.1. The second-order valence-electron chi connectivity index (χ2n) is 5.16. The number of carbonyl (C=O) groups is 2. The van der Waals surface area contributed by atoms with Crippen molar-refractivity contribution in [3.05, 3.63) is 71.0 Å². The van der Waals surface area contributed by atoms with Crippen molar-refractivity contribution < 1.29 is 22.4 Å². The molecule has 0 aliphatic carbocycles. The van der Waals surface area contributed by atoms with E-state index in [2.05, 4.69) is 10.9 Å². The van der Waals surface area contributed by atoms with Crippen LogP contribution in [0, 0.1) is 5.82 Å². The number of rotatable bonds is 4. The minimum absolute atomic E-state index is 0.171. The highest BCUT2D eigenvalue weighted by Crippen LogP contribution is 2.09. The SMILES string of the molecule is CS(=O)(=O)Cc1cccc(C(=O)NNC(=O)c2ccccc2F)c1. The predicted molar refractivity (Wildman–Crippen MR) is 86.3 cm³/mol. The minimum Gasteiger partial charge on any atom is -0.267 e. The molecule has 2 N–H and O–H groups in total. The van der Waals surface area contributed by atoms with Crippen molar-refractivity contribution in [3.63, 3.8) is 0 Å². The molecule has 0 bridgehead atoms. The van der Waals surface area contributed by atoms with Crippen molar-refractivity contribution in [2.45, 2.75) is 5.75 Å². The number of hydrazine groups is 1. The fourth-order valence-electron chi connectivity index (χ4n) is 2.00. The van der Waals surface area contributed by atoms with Crippen LogP contribution in [0.5, 0.6) is 0 Å². The third-order valence-corrected chi connectivity index (χ3v) is 3.88. The summed E-state index contributed by atoms with van der Waals surface area (Å²) in [4.78, 5) is 23.8. The van der Waals surface area contributed by atoms with E-state index in [9.17, 15) is 22.4 Å². The second-order valence-corrected chi connectivity index (χ2v) is 7.30. The monoisotopic (exact) mass is 350 g/mol. The first kappa shape index (κ1) is 17.6. The third kappa shape index (κ3) is 4.88. The maximum atomic E-state index is 13.5. The summed E-state index contributed by atoms with van der Waals surface area (Å²) in [5.74, 6) is -2.35. The number of amides is 2. The molecule has 6 nitrogen and oxygen atoms in total. The van der Waals surface area contributed by atoms with Crippen LogP contribution in [0.2, 0.25) is 0 Å². The van der Waals surface area contributed by atoms with Gasteiger partial charge in [0.25, 0.3) is 11.8 Å². The van der Waals surface area contributed by atoms with E-state index in [0.29, 0.717) is 5.56 Å². The van der Waals surface area contributed by atoms with Gasteiger partial charge in [0, 0.05) is 11.8 Å². The molecule has 2 amide bonds. The van der Waals surface area contributed by atoms with Gasteiger partial charge in [-0.05, 0) is 29.8 Å². The largest absolute Gasteiger partial charge is 0.272 e. The molecule has 0 aliphatic rings. The van der Waals surface area contributed by atoms with E-state index < -0.39 is 27.5 Å². The topological polar surface area (TPSA) is 92.3 Å². The van der Waals surface area contributed by atoms with Crippen molar-refractivity contribution in [2.75, 3.05) is 6.26 Å². The van der Waals surface area contributed by atoms with Gasteiger partial charge < -0.3 is 0 Å². The van der Waals surface area contributed by atoms with Crippen LogP contribution in [0.1, 0.15) is 26.3 Å². The number of benzene rings is 2. The molecule has 0 aliphatic heterocycles. The van der Waals surface area contributed by atoms with Crippen molar-refractivity contribution in [1.82, 2.24) is 10.9 Å². The highest BCUT2D eigenvalue weighted by Gasteiger charge is 2.13. The maximum Gasteiger partial charge on any atom is 0.272 e. The lowest BCUT2D eigenvalue weighted by molar-refractivity contribution is 0.0844. The summed E-state index contributed by atoms with van der Waals surface area (Å²) in [7, 11) is -3.23. The fourth-order valence-corrected chi connectivity index (χ4v) is 2.79. The Kier molecular flexibility index (Phi) is 5.30. The van der Waals surface area contributed by atoms with Crippen molar-refractivity contribution >= 4 is 21.7 Å². The van der Waals surface area contributed by atoms with Crippen molar-refractivity contribution in [1.29, 1.82) is 0 Å². The van der Waals surface area contributed by atoms with Gasteiger partial charge in [-0.25, -0.2) is 12.8 Å². The Balaban J connectivity index is 2.04. The molecule has 24 heavy (non-hydrogen) atoms. The lowest BCUT2D eigenvalue weighted by atomic mass is 10.1. The maximum absolute atomic E-state index is 13.5. The van der Waals surface area contributed by atoms with Crippen LogP contribution in [0.15, 0.2) is 48.5 Å². The van der Waals surface area contributed by atoms with Gasteiger partial charge in [0.2, 0.25) is 0 Å². The average molecular weight is 350 g/mol. The molecule has 0 radical (unpaired) electrons. The number of hydrogen-bond acceptors (Lipinski definition) is 4. The van der Waals surface area contributed by atoms with E-state index in [1.807, 2.05) is 0 Å². The first-order valence-corrected chi connectivity index (χ1v) is 8.94. The Hall–Kier alpha value is -2.74. The zero-order chi connectivity index (χ0) is 17.7. The van der Waals surface area contributed by atoms with Gasteiger partial charge in [-0.3, -0.25) is 20.4 Å². The smallest absolute Gasteiger partial charge is 0.267 e. The Bertz CT molecular complexity index is 881. The normalized spacial score (nSPS) is 10.9. The molecular weight excluding hydrogens is 335 g/mol. The lowest BCUT2D eigenvalue weighted by Crippen LogP contribution is -2.42. The molecule has 8 heteroatoms. The zero-order valence-electron chi connectivity index (χ0n) is 12.7. The van der Waals surface area contributed by atoms with Gasteiger partial charge in [-0.15, -0.1) is 0 Å². The van der Waals surface area contributed by atoms with Gasteiger partial charge in [0.05, 0.1) is 11.3 Å². The summed E-state index contributed by atoms with van der Waals surface area (Å²) in [6.45, 7) is 0. The number of sulfone groups is 1. The van der Waals surface area contributed by atoms with Gasteiger partial charge >= 0.3 is 0 Å². The van der Waals surface area contributed by atoms with Crippen LogP contribution in [-0.4, -0.2) is 26.5 Å². The highest BCUT2D eigenvalue weighted by molar-refractivity contribution is 7.89. The molecule has 0 saturated heterocycles. The molecule has 0 unspecified atom stereocenters. The molecule has 0 heterocycles. The summed E-state index contributed by atoms with van der Waals surface area (Å²) in [6.07, 6.45) is 1.09. The molecule has 0 spiro atoms. The Morgan fingerprint density at radius 2 is 1.67 bits per heavy atom. The Morgan fingerprint density at radius 1 is 1.00 bits per heavy atom. The summed E-state index contributed by atoms with van der Waals surface area (Å²) in [5, 5.41) is 0. The molecule has 2 aromatic rings. The van der Waals surface area contributed by atoms with Crippen LogP contribution in [0.4, 0.5) is 4.39 Å². The lowest BCUT2D eigenvalue weighted by Gasteiger charge is -2.09. The number of hydrogen-bond donors (Lipinski definition) is 2. The first-order valence-electron chi connectivity index (χ1n) is 6.88. The molecule has 2 rings (SSSR count). The van der Waals surface area contributed by atoms with E-state index in [4.69, 9.17) is 0 Å². The van der Waals surface area contributed by atoms with Gasteiger partial charge in [0.1, 0.15) is 5.82 Å². The average Bonchev–Trinajstić information content (AvgIpc) is 2.51. The van der Waals surface area contributed by atoms with Crippen LogP contribution >= 0.6 is 0 Å². The van der Waals surface area contributed by atoms with Crippen LogP contribution in [0.3, 0.4) is 0 Å². The first-order chi connectivity index (χ1) is 11.3. The molecule has 0 atom stereocenters. The number of nitrogens with one attached hydrogen (secondary N) is 2. The molecule has 0 aromatic heterocycles. The van der Waals surface area contributed by atoms with E-state index in [1.165, 1.54) is 36.4 Å². The van der Waals surface area contributed by atoms with Gasteiger partial charge in [0.15, 0.2) is 9.84 Å². The van der Waals surface area contributed by atoms with Crippen molar-refractivity contribution in [2.24, 2.45) is 0 Å². The molecule has 0 saturated carbocycles. The summed E-state index contributed by atoms with van der Waals surface area (Å²) >= 11 is 0.